The molecule has 1 aliphatic rings. The largest absolute Gasteiger partial charge is 0.488 e. The molecule has 27 heavy (non-hydrogen) atoms. The number of non-ortho nitro benzene ring substituents is 1. The lowest BCUT2D eigenvalue weighted by Crippen LogP contribution is -2.18. The topological polar surface area (TPSA) is 82.6 Å². The minimum absolute atomic E-state index is 0.0110. The fourth-order valence-electron chi connectivity index (χ4n) is 2.85. The van der Waals surface area contributed by atoms with Crippen LogP contribution in [0, 0.1) is 10.1 Å². The molecule has 0 aliphatic carbocycles. The van der Waals surface area contributed by atoms with Gasteiger partial charge in [-0.25, -0.2) is 0 Å². The number of hydrogen-bond acceptors (Lipinski definition) is 5. The number of nitrogens with zero attached hydrogens (tertiary/aromatic N) is 1. The Bertz CT molecular complexity index is 1100. The van der Waals surface area contributed by atoms with Gasteiger partial charge in [0.1, 0.15) is 23.9 Å². The Kier molecular flexibility index (Phi) is 4.37. The van der Waals surface area contributed by atoms with Gasteiger partial charge in [-0.05, 0) is 52.3 Å². The average Bonchev–Trinajstić information content (AvgIpc) is 3.12. The summed E-state index contributed by atoms with van der Waals surface area (Å²) in [4.78, 5) is 23.0. The number of hydrogen-bond donors (Lipinski definition) is 0. The molecule has 2 heterocycles. The van der Waals surface area contributed by atoms with Crippen LogP contribution in [0.4, 0.5) is 5.69 Å². The van der Waals surface area contributed by atoms with Crippen LogP contribution < -0.4 is 4.74 Å². The van der Waals surface area contributed by atoms with Gasteiger partial charge >= 0.3 is 0 Å². The summed E-state index contributed by atoms with van der Waals surface area (Å²) in [5.41, 5.74) is 1.70. The van der Waals surface area contributed by atoms with Crippen molar-refractivity contribution in [1.82, 2.24) is 0 Å². The quantitative estimate of drug-likeness (QED) is 0.324. The first-order chi connectivity index (χ1) is 13.0. The Balaban J connectivity index is 1.63. The number of nitro benzene ring substituents is 1. The van der Waals surface area contributed by atoms with Gasteiger partial charge in [0.05, 0.1) is 10.5 Å². The van der Waals surface area contributed by atoms with Crippen molar-refractivity contribution >= 4 is 33.5 Å². The van der Waals surface area contributed by atoms with Gasteiger partial charge in [-0.1, -0.05) is 12.1 Å². The summed E-state index contributed by atoms with van der Waals surface area (Å²) < 4.78 is 12.0. The summed E-state index contributed by atoms with van der Waals surface area (Å²) in [5.74, 6) is 1.52. The van der Waals surface area contributed by atoms with E-state index < -0.39 is 4.92 Å². The van der Waals surface area contributed by atoms with E-state index in [9.17, 15) is 14.9 Å². The molecule has 7 heteroatoms. The van der Waals surface area contributed by atoms with Crippen LogP contribution in [0.5, 0.6) is 5.75 Å². The number of nitro groups is 1. The standard InChI is InChI=1S/C20H12BrNO5/c21-17-10-13(22(24)25)5-7-15(17)19-8-6-14(27-19)9-12-11-26-18-4-2-1-3-16(18)20(12)23/h1-10H,11H2. The summed E-state index contributed by atoms with van der Waals surface area (Å²) in [6, 6.07) is 15.0. The van der Waals surface area contributed by atoms with Crippen LogP contribution in [0.1, 0.15) is 16.1 Å². The molecule has 0 spiro atoms. The Labute approximate surface area is 162 Å². The second-order valence-corrected chi connectivity index (χ2v) is 6.76. The van der Waals surface area contributed by atoms with Crippen LogP contribution in [-0.4, -0.2) is 17.3 Å². The smallest absolute Gasteiger partial charge is 0.270 e. The highest BCUT2D eigenvalue weighted by atomic mass is 79.9. The lowest BCUT2D eigenvalue weighted by Gasteiger charge is -2.18. The molecule has 0 fully saturated rings. The van der Waals surface area contributed by atoms with Crippen LogP contribution >= 0.6 is 15.9 Å². The molecule has 0 saturated carbocycles. The van der Waals surface area contributed by atoms with E-state index in [-0.39, 0.29) is 18.1 Å². The minimum atomic E-state index is -0.459. The SMILES string of the molecule is O=C1C(=Cc2ccc(-c3ccc([N+](=O)[O-])cc3Br)o2)COc2ccccc21. The Morgan fingerprint density at radius 2 is 1.89 bits per heavy atom. The van der Waals surface area contributed by atoms with E-state index in [1.54, 1.807) is 42.5 Å². The van der Waals surface area contributed by atoms with Gasteiger partial charge in [-0.3, -0.25) is 14.9 Å². The Hall–Kier alpha value is -3.19. The lowest BCUT2D eigenvalue weighted by molar-refractivity contribution is -0.384. The van der Waals surface area contributed by atoms with E-state index >= 15 is 0 Å². The van der Waals surface area contributed by atoms with Crippen LogP contribution in [-0.2, 0) is 0 Å². The zero-order valence-corrected chi connectivity index (χ0v) is 15.4. The van der Waals surface area contributed by atoms with Crippen molar-refractivity contribution in [1.29, 1.82) is 0 Å². The maximum Gasteiger partial charge on any atom is 0.270 e. The average molecular weight is 426 g/mol. The molecule has 4 rings (SSSR count). The molecule has 0 bridgehead atoms. The molecule has 0 atom stereocenters. The molecule has 0 radical (unpaired) electrons. The van der Waals surface area contributed by atoms with Crippen LogP contribution in [0.15, 0.2) is 69.1 Å². The van der Waals surface area contributed by atoms with E-state index in [0.717, 1.165) is 0 Å². The van der Waals surface area contributed by atoms with E-state index in [1.807, 2.05) is 6.07 Å². The zero-order valence-electron chi connectivity index (χ0n) is 13.8. The first-order valence-electron chi connectivity index (χ1n) is 8.04. The van der Waals surface area contributed by atoms with Crippen LogP contribution in [0.3, 0.4) is 0 Å². The summed E-state index contributed by atoms with van der Waals surface area (Å²) >= 11 is 3.33. The number of carbonyl (C=O) groups is 1. The van der Waals surface area contributed by atoms with Crippen molar-refractivity contribution in [2.24, 2.45) is 0 Å². The van der Waals surface area contributed by atoms with Crippen LogP contribution in [0.2, 0.25) is 0 Å². The van der Waals surface area contributed by atoms with Gasteiger partial charge in [-0.15, -0.1) is 0 Å². The molecule has 1 aromatic heterocycles. The zero-order chi connectivity index (χ0) is 19.0. The molecule has 1 aliphatic heterocycles. The Morgan fingerprint density at radius 3 is 2.67 bits per heavy atom. The molecule has 0 N–H and O–H groups in total. The number of Topliss-reactive ketones (excluding diaryl/α,β-unsaturated/α-hetero) is 1. The van der Waals surface area contributed by atoms with Gasteiger partial charge in [-0.2, -0.15) is 0 Å². The summed E-state index contributed by atoms with van der Waals surface area (Å²) in [5, 5.41) is 10.9. The third-order valence-corrected chi connectivity index (χ3v) is 4.83. The number of furan rings is 1. The fourth-order valence-corrected chi connectivity index (χ4v) is 3.41. The van der Waals surface area contributed by atoms with Crippen molar-refractivity contribution in [2.45, 2.75) is 0 Å². The number of ether oxygens (including phenoxy) is 1. The maximum absolute atomic E-state index is 12.6. The van der Waals surface area contributed by atoms with Crippen molar-refractivity contribution in [3.05, 3.63) is 86.1 Å². The first kappa shape index (κ1) is 17.2. The maximum atomic E-state index is 12.6. The van der Waals surface area contributed by atoms with Crippen molar-refractivity contribution in [2.75, 3.05) is 6.61 Å². The molecular formula is C20H12BrNO5. The number of ketones is 1. The normalized spacial score (nSPS) is 14.7. The third kappa shape index (κ3) is 3.29. The summed E-state index contributed by atoms with van der Waals surface area (Å²) in [6.45, 7) is 0.174. The van der Waals surface area contributed by atoms with E-state index in [1.165, 1.54) is 12.1 Å². The van der Waals surface area contributed by atoms with Crippen molar-refractivity contribution in [3.8, 4) is 17.1 Å². The molecule has 0 unspecified atom stereocenters. The number of carbonyl (C=O) groups excluding carboxylic acids is 1. The molecule has 0 saturated heterocycles. The molecule has 2 aromatic carbocycles. The van der Waals surface area contributed by atoms with Crippen molar-refractivity contribution < 1.29 is 18.9 Å². The second-order valence-electron chi connectivity index (χ2n) is 5.91. The Morgan fingerprint density at radius 1 is 1.07 bits per heavy atom. The predicted octanol–water partition coefficient (Wildman–Crippen LogP) is 5.28. The van der Waals surface area contributed by atoms with Gasteiger partial charge in [0, 0.05) is 27.7 Å². The van der Waals surface area contributed by atoms with Gasteiger partial charge in [0.25, 0.3) is 5.69 Å². The number of para-hydroxylation sites is 1. The van der Waals surface area contributed by atoms with Gasteiger partial charge in [0.2, 0.25) is 0 Å². The second kappa shape index (κ2) is 6.85. The third-order valence-electron chi connectivity index (χ3n) is 4.18. The highest BCUT2D eigenvalue weighted by Crippen LogP contribution is 2.33. The molecule has 0 amide bonds. The molecule has 134 valence electrons. The predicted molar refractivity (Wildman–Crippen MR) is 103 cm³/mol. The molecule has 3 aromatic rings. The highest BCUT2D eigenvalue weighted by molar-refractivity contribution is 9.10. The van der Waals surface area contributed by atoms with Crippen molar-refractivity contribution in [3.63, 3.8) is 0 Å². The number of fused-ring (bicyclic) bond motifs is 1. The van der Waals surface area contributed by atoms with Crippen LogP contribution in [0.25, 0.3) is 17.4 Å². The van der Waals surface area contributed by atoms with E-state index in [2.05, 4.69) is 15.9 Å². The fraction of sp³-hybridized carbons (Fsp3) is 0.0500. The van der Waals surface area contributed by atoms with E-state index in [0.29, 0.717) is 38.4 Å². The van der Waals surface area contributed by atoms with Gasteiger partial charge < -0.3 is 9.15 Å². The minimum Gasteiger partial charge on any atom is -0.488 e. The summed E-state index contributed by atoms with van der Waals surface area (Å²) in [7, 11) is 0. The monoisotopic (exact) mass is 425 g/mol. The molecule has 6 nitrogen and oxygen atoms in total. The number of benzene rings is 2. The number of halogens is 1. The van der Waals surface area contributed by atoms with E-state index in [4.69, 9.17) is 9.15 Å². The van der Waals surface area contributed by atoms with Gasteiger partial charge in [0.15, 0.2) is 5.78 Å². The summed E-state index contributed by atoms with van der Waals surface area (Å²) in [6.07, 6.45) is 1.65. The lowest BCUT2D eigenvalue weighted by atomic mass is 10.00. The first-order valence-corrected chi connectivity index (χ1v) is 8.83. The number of rotatable bonds is 3. The highest BCUT2D eigenvalue weighted by Gasteiger charge is 2.23. The molecular weight excluding hydrogens is 414 g/mol.